The third-order valence-corrected chi connectivity index (χ3v) is 5.61. The van der Waals surface area contributed by atoms with Gasteiger partial charge in [0.25, 0.3) is 0 Å². The van der Waals surface area contributed by atoms with Crippen molar-refractivity contribution in [3.63, 3.8) is 0 Å². The van der Waals surface area contributed by atoms with E-state index in [4.69, 9.17) is 4.74 Å². The summed E-state index contributed by atoms with van der Waals surface area (Å²) in [6.07, 6.45) is 0.318. The zero-order valence-electron chi connectivity index (χ0n) is 15.8. The van der Waals surface area contributed by atoms with Crippen LogP contribution in [0, 0.1) is 5.82 Å². The van der Waals surface area contributed by atoms with Gasteiger partial charge in [0, 0.05) is 38.1 Å². The molecule has 0 bridgehead atoms. The third-order valence-electron chi connectivity index (χ3n) is 4.73. The molecule has 8 heteroatoms. The second-order valence-electron chi connectivity index (χ2n) is 6.58. The molecule has 1 unspecified atom stereocenters. The fourth-order valence-corrected chi connectivity index (χ4v) is 3.92. The number of rotatable bonds is 7. The highest BCUT2D eigenvalue weighted by molar-refractivity contribution is 7.10. The molecule has 150 valence electrons. The second kappa shape index (κ2) is 9.66. The molecule has 1 aliphatic heterocycles. The van der Waals surface area contributed by atoms with Crippen LogP contribution in [0.2, 0.25) is 0 Å². The van der Waals surface area contributed by atoms with Gasteiger partial charge < -0.3 is 15.0 Å². The van der Waals surface area contributed by atoms with E-state index < -0.39 is 6.04 Å². The van der Waals surface area contributed by atoms with E-state index in [0.717, 1.165) is 4.88 Å². The molecule has 1 aliphatic rings. The molecule has 28 heavy (non-hydrogen) atoms. The fourth-order valence-electron chi connectivity index (χ4n) is 3.22. The fraction of sp³-hybridized carbons (Fsp3) is 0.400. The van der Waals surface area contributed by atoms with E-state index in [0.29, 0.717) is 45.0 Å². The summed E-state index contributed by atoms with van der Waals surface area (Å²) in [6.45, 7) is 2.69. The summed E-state index contributed by atoms with van der Waals surface area (Å²) in [5.74, 6) is 0.111. The van der Waals surface area contributed by atoms with Gasteiger partial charge in [-0.15, -0.1) is 11.3 Å². The lowest BCUT2D eigenvalue weighted by Gasteiger charge is -2.40. The lowest BCUT2D eigenvalue weighted by atomic mass is 10.1. The third kappa shape index (κ3) is 5.30. The molecular weight excluding hydrogens is 381 g/mol. The number of nitrogens with zero attached hydrogens (tertiary/aromatic N) is 2. The Morgan fingerprint density at radius 3 is 2.71 bits per heavy atom. The molecule has 0 saturated carbocycles. The van der Waals surface area contributed by atoms with Crippen molar-refractivity contribution in [2.75, 3.05) is 39.8 Å². The lowest BCUT2D eigenvalue weighted by molar-refractivity contribution is -0.143. The summed E-state index contributed by atoms with van der Waals surface area (Å²) in [4.78, 5) is 29.9. The monoisotopic (exact) mass is 405 g/mol. The number of ether oxygens (including phenoxy) is 1. The van der Waals surface area contributed by atoms with E-state index in [9.17, 15) is 14.0 Å². The maximum atomic E-state index is 12.9. The molecule has 1 aromatic carbocycles. The van der Waals surface area contributed by atoms with Crippen LogP contribution in [-0.2, 0) is 16.0 Å². The minimum atomic E-state index is -0.517. The Labute approximate surface area is 167 Å². The van der Waals surface area contributed by atoms with Crippen LogP contribution in [0.15, 0.2) is 41.8 Å². The molecule has 2 heterocycles. The topological polar surface area (TPSA) is 61.9 Å². The van der Waals surface area contributed by atoms with Gasteiger partial charge in [-0.1, -0.05) is 6.07 Å². The zero-order chi connectivity index (χ0) is 19.9. The first-order chi connectivity index (χ1) is 13.6. The van der Waals surface area contributed by atoms with Gasteiger partial charge in [-0.05, 0) is 35.7 Å². The molecule has 1 atom stereocenters. The average Bonchev–Trinajstić information content (AvgIpc) is 3.21. The van der Waals surface area contributed by atoms with Crippen LogP contribution in [0.1, 0.15) is 4.88 Å². The van der Waals surface area contributed by atoms with Crippen LogP contribution in [-0.4, -0.2) is 67.5 Å². The standard InChI is InChI=1S/C20H24FN3O3S/c1-22-20(26)18-14-23(10-11-27-16-6-4-15(21)5-7-16)8-9-24(18)19(25)13-17-3-2-12-28-17/h2-7,12,18H,8-11,13-14H2,1H3,(H,22,26). The van der Waals surface area contributed by atoms with Crippen LogP contribution in [0.25, 0.3) is 0 Å². The number of piperazine rings is 1. The molecule has 1 N–H and O–H groups in total. The van der Waals surface area contributed by atoms with Gasteiger partial charge in [0.1, 0.15) is 24.2 Å². The normalized spacial score (nSPS) is 17.4. The maximum Gasteiger partial charge on any atom is 0.243 e. The molecule has 1 saturated heterocycles. The molecule has 0 radical (unpaired) electrons. The summed E-state index contributed by atoms with van der Waals surface area (Å²) >= 11 is 1.54. The van der Waals surface area contributed by atoms with Crippen molar-refractivity contribution in [2.45, 2.75) is 12.5 Å². The van der Waals surface area contributed by atoms with Crippen molar-refractivity contribution in [1.29, 1.82) is 0 Å². The smallest absolute Gasteiger partial charge is 0.243 e. The highest BCUT2D eigenvalue weighted by Gasteiger charge is 2.34. The number of carbonyl (C=O) groups is 2. The Bertz CT molecular complexity index is 783. The van der Waals surface area contributed by atoms with Crippen LogP contribution in [0.3, 0.4) is 0 Å². The van der Waals surface area contributed by atoms with Crippen molar-refractivity contribution < 1.29 is 18.7 Å². The lowest BCUT2D eigenvalue weighted by Crippen LogP contribution is -2.60. The Morgan fingerprint density at radius 2 is 2.04 bits per heavy atom. The highest BCUT2D eigenvalue weighted by atomic mass is 32.1. The Hall–Kier alpha value is -2.45. The van der Waals surface area contributed by atoms with Gasteiger partial charge in [-0.25, -0.2) is 4.39 Å². The second-order valence-corrected chi connectivity index (χ2v) is 7.61. The minimum absolute atomic E-state index is 0.0294. The largest absolute Gasteiger partial charge is 0.492 e. The first-order valence-electron chi connectivity index (χ1n) is 9.21. The first kappa shape index (κ1) is 20.3. The summed E-state index contributed by atoms with van der Waals surface area (Å²) in [7, 11) is 1.58. The van der Waals surface area contributed by atoms with E-state index in [1.165, 1.54) is 12.1 Å². The number of nitrogens with one attached hydrogen (secondary N) is 1. The molecule has 0 aliphatic carbocycles. The number of likely N-dealkylation sites (N-methyl/N-ethyl adjacent to an activating group) is 1. The van der Waals surface area contributed by atoms with Crippen molar-refractivity contribution in [1.82, 2.24) is 15.1 Å². The molecule has 2 aromatic rings. The van der Waals surface area contributed by atoms with Crippen molar-refractivity contribution >= 4 is 23.2 Å². The molecule has 3 rings (SSSR count). The zero-order valence-corrected chi connectivity index (χ0v) is 16.6. The van der Waals surface area contributed by atoms with Crippen molar-refractivity contribution in [2.24, 2.45) is 0 Å². The maximum absolute atomic E-state index is 12.9. The number of thiophene rings is 1. The van der Waals surface area contributed by atoms with Crippen LogP contribution < -0.4 is 10.1 Å². The highest BCUT2D eigenvalue weighted by Crippen LogP contribution is 2.16. The van der Waals surface area contributed by atoms with Gasteiger partial charge in [-0.3, -0.25) is 14.5 Å². The number of carbonyl (C=O) groups excluding carboxylic acids is 2. The quantitative estimate of drug-likeness (QED) is 0.763. The minimum Gasteiger partial charge on any atom is -0.492 e. The number of hydrogen-bond acceptors (Lipinski definition) is 5. The average molecular weight is 405 g/mol. The van der Waals surface area contributed by atoms with E-state index in [1.54, 1.807) is 35.4 Å². The summed E-state index contributed by atoms with van der Waals surface area (Å²) in [5, 5.41) is 4.60. The summed E-state index contributed by atoms with van der Waals surface area (Å²) < 4.78 is 18.6. The number of benzene rings is 1. The molecular formula is C20H24FN3O3S. The number of halogens is 1. The van der Waals surface area contributed by atoms with Gasteiger partial charge in [0.15, 0.2) is 0 Å². The Morgan fingerprint density at radius 1 is 1.25 bits per heavy atom. The predicted octanol–water partition coefficient (Wildman–Crippen LogP) is 1.77. The number of hydrogen-bond donors (Lipinski definition) is 1. The van der Waals surface area contributed by atoms with Crippen molar-refractivity contribution in [3.8, 4) is 5.75 Å². The predicted molar refractivity (Wildman–Crippen MR) is 106 cm³/mol. The van der Waals surface area contributed by atoms with Gasteiger partial charge in [0.2, 0.25) is 11.8 Å². The summed E-state index contributed by atoms with van der Waals surface area (Å²) in [5.41, 5.74) is 0. The first-order valence-corrected chi connectivity index (χ1v) is 10.1. The molecule has 2 amide bonds. The SMILES string of the molecule is CNC(=O)C1CN(CCOc2ccc(F)cc2)CCN1C(=O)Cc1cccs1. The van der Waals surface area contributed by atoms with Crippen LogP contribution >= 0.6 is 11.3 Å². The van der Waals surface area contributed by atoms with Gasteiger partial charge >= 0.3 is 0 Å². The van der Waals surface area contributed by atoms with E-state index >= 15 is 0 Å². The molecule has 1 fully saturated rings. The Balaban J connectivity index is 1.54. The number of amides is 2. The van der Waals surface area contributed by atoms with Crippen LogP contribution in [0.5, 0.6) is 5.75 Å². The van der Waals surface area contributed by atoms with E-state index in [1.807, 2.05) is 17.5 Å². The molecule has 0 spiro atoms. The molecule has 1 aromatic heterocycles. The van der Waals surface area contributed by atoms with Gasteiger partial charge in [0.05, 0.1) is 6.42 Å². The summed E-state index contributed by atoms with van der Waals surface area (Å²) in [6, 6.07) is 9.22. The van der Waals surface area contributed by atoms with Crippen molar-refractivity contribution in [3.05, 3.63) is 52.5 Å². The van der Waals surface area contributed by atoms with E-state index in [2.05, 4.69) is 10.2 Å². The molecule has 6 nitrogen and oxygen atoms in total. The van der Waals surface area contributed by atoms with E-state index in [-0.39, 0.29) is 17.6 Å². The Kier molecular flexibility index (Phi) is 7.00. The van der Waals surface area contributed by atoms with Crippen LogP contribution in [0.4, 0.5) is 4.39 Å². The van der Waals surface area contributed by atoms with Gasteiger partial charge in [-0.2, -0.15) is 0 Å².